The molecule has 7 rings (SSSR count). The summed E-state index contributed by atoms with van der Waals surface area (Å²) in [6, 6.07) is 42.1. The summed E-state index contributed by atoms with van der Waals surface area (Å²) in [6.07, 6.45) is 3.16. The third kappa shape index (κ3) is 35.8. The van der Waals surface area contributed by atoms with E-state index in [0.717, 1.165) is 38.9 Å². The number of aliphatic hydroxyl groups is 5. The molecule has 0 amide bonds. The second kappa shape index (κ2) is 41.6. The van der Waals surface area contributed by atoms with Crippen LogP contribution in [-0.4, -0.2) is 126 Å². The molecular weight excluding hydrogens is 1170 g/mol. The van der Waals surface area contributed by atoms with Gasteiger partial charge in [-0.1, -0.05) is 118 Å². The molecule has 23 heteroatoms. The monoisotopic (exact) mass is 1260 g/mol. The zero-order valence-electron chi connectivity index (χ0n) is 50.3. The van der Waals surface area contributed by atoms with Crippen LogP contribution in [0.5, 0.6) is 40.2 Å². The van der Waals surface area contributed by atoms with Crippen LogP contribution < -0.4 is 40.1 Å². The molecule has 0 aliphatic heterocycles. The molecule has 0 saturated heterocycles. The number of carbonyl (C=O) groups is 2. The molecule has 7 atom stereocenters. The lowest BCUT2D eigenvalue weighted by atomic mass is 10.1. The van der Waals surface area contributed by atoms with Crippen molar-refractivity contribution in [1.29, 1.82) is 0 Å². The minimum atomic E-state index is -1.02. The van der Waals surface area contributed by atoms with E-state index in [-0.39, 0.29) is 81.9 Å². The van der Waals surface area contributed by atoms with Crippen LogP contribution in [0.4, 0.5) is 0 Å². The number of rotatable bonds is 21. The highest BCUT2D eigenvalue weighted by Crippen LogP contribution is 2.17. The minimum absolute atomic E-state index is 0.0203. The van der Waals surface area contributed by atoms with Gasteiger partial charge in [0.2, 0.25) is 0 Å². The standard InChI is InChI=1S/5C10H13NO2.2C9H11NO3/c5*1-7(12)10(11)6-8-2-4-9(13)5-3-8;2*10-8(9(12)13)5-6-1-3-7(11)4-2-6/h5*2-5,10,12-13H,1,6,11H2;2*1-4,8,11H,5,10H2,(H,12,13)/i;;;;;11+2;. The molecule has 0 fully saturated rings. The Bertz CT molecular complexity index is 2670. The Labute approximate surface area is 529 Å². The maximum absolute atomic E-state index is 10.4. The number of aromatic hydroxyl groups is 7. The van der Waals surface area contributed by atoms with Gasteiger partial charge in [-0.2, -0.15) is 0 Å². The van der Waals surface area contributed by atoms with Crippen molar-refractivity contribution < 1.29 is 81.1 Å². The largest absolute Gasteiger partial charge is 0.511 e. The van der Waals surface area contributed by atoms with Crippen molar-refractivity contribution in [3.05, 3.63) is 270 Å². The van der Waals surface area contributed by atoms with Crippen molar-refractivity contribution in [3.63, 3.8) is 0 Å². The zero-order valence-corrected chi connectivity index (χ0v) is 50.3. The van der Waals surface area contributed by atoms with E-state index >= 15 is 0 Å². The van der Waals surface area contributed by atoms with Crippen LogP contribution in [0.15, 0.2) is 232 Å². The number of phenols is 7. The van der Waals surface area contributed by atoms with E-state index < -0.39 is 54.2 Å². The van der Waals surface area contributed by atoms with E-state index in [1.54, 1.807) is 146 Å². The molecule has 7 aromatic carbocycles. The Morgan fingerprint density at radius 3 is 0.505 bits per heavy atom. The second-order valence-electron chi connectivity index (χ2n) is 20.5. The van der Waals surface area contributed by atoms with Gasteiger partial charge in [0.05, 0.1) is 30.2 Å². The van der Waals surface area contributed by atoms with Gasteiger partial charge in [-0.3, -0.25) is 9.59 Å². The van der Waals surface area contributed by atoms with E-state index in [4.69, 9.17) is 112 Å². The van der Waals surface area contributed by atoms with Crippen LogP contribution >= 0.6 is 0 Å². The van der Waals surface area contributed by atoms with Gasteiger partial charge in [-0.05, 0) is 169 Å². The Kier molecular flexibility index (Phi) is 35.9. The number of carboxylic acids is 2. The number of nitrogens with two attached hydrogens (primary N) is 7. The number of phenolic OH excluding ortho intramolecular Hbond substituents is 7. The zero-order chi connectivity index (χ0) is 68.9. The van der Waals surface area contributed by atoms with E-state index in [0.29, 0.717) is 32.1 Å². The van der Waals surface area contributed by atoms with E-state index in [2.05, 4.69) is 32.9 Å². The van der Waals surface area contributed by atoms with Crippen molar-refractivity contribution in [2.24, 2.45) is 40.1 Å². The second-order valence-corrected chi connectivity index (χ2v) is 20.5. The Morgan fingerprint density at radius 1 is 0.264 bits per heavy atom. The Hall–Kier alpha value is -10.5. The predicted octanol–water partition coefficient (Wildman–Crippen LogP) is 7.36. The number of aliphatic hydroxyl groups excluding tert-OH is 5. The molecule has 0 aromatic heterocycles. The average Bonchev–Trinajstić information content (AvgIpc) is 3.15. The normalized spacial score (nSPS) is 12.4. The van der Waals surface area contributed by atoms with Crippen LogP contribution in [0.25, 0.3) is 0 Å². The molecular formula is C68H87N7O16. The number of carboxylic acid groups (broad SMARTS) is 2. The number of benzene rings is 7. The van der Waals surface area contributed by atoms with Gasteiger partial charge in [-0.15, -0.1) is 0 Å². The minimum Gasteiger partial charge on any atom is -0.511 e. The highest BCUT2D eigenvalue weighted by molar-refractivity contribution is 5.74. The van der Waals surface area contributed by atoms with E-state index in [1.807, 2.05) is 0 Å². The predicted molar refractivity (Wildman–Crippen MR) is 353 cm³/mol. The maximum Gasteiger partial charge on any atom is 0.320 e. The molecule has 7 aromatic rings. The summed E-state index contributed by atoms with van der Waals surface area (Å²) in [5.41, 5.74) is 44.9. The third-order valence-electron chi connectivity index (χ3n) is 12.5. The molecule has 28 N–H and O–H groups in total. The molecule has 91 heavy (non-hydrogen) atoms. The number of hydrogen-bond acceptors (Lipinski definition) is 21. The molecule has 0 bridgehead atoms. The van der Waals surface area contributed by atoms with Crippen LogP contribution in [0.1, 0.15) is 38.9 Å². The molecule has 0 aliphatic rings. The highest BCUT2D eigenvalue weighted by Gasteiger charge is 2.14. The van der Waals surface area contributed by atoms with Crippen LogP contribution in [0, 0.1) is 0 Å². The fourth-order valence-electron chi connectivity index (χ4n) is 6.97. The lowest BCUT2D eigenvalue weighted by Crippen LogP contribution is -2.32. The molecule has 0 aliphatic carbocycles. The van der Waals surface area contributed by atoms with Gasteiger partial charge in [-0.25, -0.2) is 0 Å². The first-order valence-electron chi connectivity index (χ1n) is 27.7. The van der Waals surface area contributed by atoms with Crippen molar-refractivity contribution >= 4 is 11.9 Å². The molecule has 23 nitrogen and oxygen atoms in total. The fourth-order valence-corrected chi connectivity index (χ4v) is 6.97. The number of hydrogen-bond donors (Lipinski definition) is 21. The average molecular weight is 1260 g/mol. The fraction of sp³-hybridized carbons (Fsp3) is 0.206. The van der Waals surface area contributed by atoms with Crippen molar-refractivity contribution in [2.45, 2.75) is 87.2 Å². The van der Waals surface area contributed by atoms with Crippen molar-refractivity contribution in [2.75, 3.05) is 0 Å². The Morgan fingerprint density at radius 2 is 0.385 bits per heavy atom. The smallest absolute Gasteiger partial charge is 0.320 e. The van der Waals surface area contributed by atoms with Gasteiger partial charge in [0.15, 0.2) is 0 Å². The first-order chi connectivity index (χ1) is 42.6. The summed E-state index contributed by atoms with van der Waals surface area (Å²) in [7, 11) is 0. The van der Waals surface area contributed by atoms with Gasteiger partial charge in [0.25, 0.3) is 0 Å². The summed E-state index contributed by atoms with van der Waals surface area (Å²) in [4.78, 5) is 20.8. The van der Waals surface area contributed by atoms with E-state index in [1.165, 1.54) is 24.3 Å². The van der Waals surface area contributed by atoms with Gasteiger partial charge in [0.1, 0.15) is 81.1 Å². The van der Waals surface area contributed by atoms with Crippen molar-refractivity contribution in [1.82, 2.24) is 0 Å². The van der Waals surface area contributed by atoms with Crippen LogP contribution in [0.2, 0.25) is 0 Å². The molecule has 0 spiro atoms. The first kappa shape index (κ1) is 78.5. The maximum atomic E-state index is 10.4. The van der Waals surface area contributed by atoms with Crippen molar-refractivity contribution in [3.8, 4) is 40.2 Å². The highest BCUT2D eigenvalue weighted by atomic mass is 18.2. The molecule has 490 valence electrons. The molecule has 0 heterocycles. The number of aliphatic carboxylic acids is 2. The first-order valence-corrected chi connectivity index (χ1v) is 27.7. The van der Waals surface area contributed by atoms with Gasteiger partial charge >= 0.3 is 11.9 Å². The summed E-state index contributed by atoms with van der Waals surface area (Å²) in [5.74, 6) is -0.711. The molecule has 0 saturated carbocycles. The van der Waals surface area contributed by atoms with E-state index in [9.17, 15) is 9.59 Å². The van der Waals surface area contributed by atoms with Gasteiger partial charge < -0.3 is 112 Å². The van der Waals surface area contributed by atoms with Crippen LogP contribution in [-0.2, 0) is 54.5 Å². The van der Waals surface area contributed by atoms with Crippen LogP contribution in [0.3, 0.4) is 0 Å². The SMILES string of the molecule is C=C(O)C(N)Cc1ccc(O)cc1.C=C(O)C(N)Cc1ccc(O)cc1.C=C(O)C(N)Cc1ccc(O)cc1.C=C(O)C(N)Cc1ccc(O)cc1.C=C(O)C(N)Cc1ccc(O)cc1.NC(Cc1ccc(O)cc1)C(=O)O.NC(Cc1ccc([18OH])cc1)C(=O)O. The van der Waals surface area contributed by atoms with Gasteiger partial charge in [0, 0.05) is 0 Å². The quantitative estimate of drug-likeness (QED) is 0.0247. The Balaban J connectivity index is 0.000000531. The molecule has 0 radical (unpaired) electrons. The third-order valence-corrected chi connectivity index (χ3v) is 12.5. The summed E-state index contributed by atoms with van der Waals surface area (Å²) >= 11 is 0. The molecule has 7 unspecified atom stereocenters. The summed E-state index contributed by atoms with van der Waals surface area (Å²) < 4.78 is 0. The topological polar surface area (TPSA) is 500 Å². The lowest BCUT2D eigenvalue weighted by molar-refractivity contribution is -0.139. The lowest BCUT2D eigenvalue weighted by Gasteiger charge is -2.09. The summed E-state index contributed by atoms with van der Waals surface area (Å²) in [6.45, 7) is 16.7. The summed E-state index contributed by atoms with van der Waals surface area (Å²) in [5, 5.41) is 125.